The van der Waals surface area contributed by atoms with Crippen LogP contribution in [0.2, 0.25) is 0 Å². The summed E-state index contributed by atoms with van der Waals surface area (Å²) in [5.41, 5.74) is 1.82. The molecule has 29 heavy (non-hydrogen) atoms. The molecule has 7 heteroatoms. The fourth-order valence-electron chi connectivity index (χ4n) is 3.19. The summed E-state index contributed by atoms with van der Waals surface area (Å²) in [6.45, 7) is 6.28. The van der Waals surface area contributed by atoms with Gasteiger partial charge in [0.1, 0.15) is 5.76 Å². The molecular weight excluding hydrogens is 372 g/mol. The van der Waals surface area contributed by atoms with Crippen LogP contribution in [0.3, 0.4) is 0 Å². The molecule has 154 valence electrons. The summed E-state index contributed by atoms with van der Waals surface area (Å²) in [6, 6.07) is 11.1. The van der Waals surface area contributed by atoms with E-state index in [1.807, 2.05) is 24.3 Å². The van der Waals surface area contributed by atoms with Crippen molar-refractivity contribution in [2.45, 2.75) is 45.8 Å². The van der Waals surface area contributed by atoms with Crippen LogP contribution in [0.5, 0.6) is 0 Å². The Bertz CT molecular complexity index is 858. The zero-order chi connectivity index (χ0) is 21.0. The van der Waals surface area contributed by atoms with E-state index < -0.39 is 23.9 Å². The Morgan fingerprint density at radius 3 is 2.55 bits per heavy atom. The minimum atomic E-state index is -0.957. The zero-order valence-electron chi connectivity index (χ0n) is 16.9. The van der Waals surface area contributed by atoms with Crippen LogP contribution in [0.15, 0.2) is 47.1 Å². The standard InChI is InChI=1S/C22H26N2O5/c1-14(2)16-6-8-18(9-7-16)23-21(26)15(3)29-22(27)17-11-20(25)24(12-17)13-19-5-4-10-28-19/h4-10,14-15,17H,11-13H2,1-3H3,(H,23,26)/t15-,17+/m0/s1. The number of hydrogen-bond donors (Lipinski definition) is 1. The first-order valence-electron chi connectivity index (χ1n) is 9.75. The molecule has 3 rings (SSSR count). The monoisotopic (exact) mass is 398 g/mol. The van der Waals surface area contributed by atoms with Gasteiger partial charge in [0, 0.05) is 18.7 Å². The maximum Gasteiger partial charge on any atom is 0.312 e. The largest absolute Gasteiger partial charge is 0.467 e. The van der Waals surface area contributed by atoms with Gasteiger partial charge in [-0.15, -0.1) is 0 Å². The predicted molar refractivity (Wildman–Crippen MR) is 107 cm³/mol. The van der Waals surface area contributed by atoms with Crippen molar-refractivity contribution in [1.29, 1.82) is 0 Å². The smallest absolute Gasteiger partial charge is 0.312 e. The number of carbonyl (C=O) groups excluding carboxylic acids is 3. The van der Waals surface area contributed by atoms with Crippen LogP contribution in [0.1, 0.15) is 44.4 Å². The van der Waals surface area contributed by atoms with Crippen molar-refractivity contribution < 1.29 is 23.5 Å². The molecular formula is C22H26N2O5. The molecule has 7 nitrogen and oxygen atoms in total. The molecule has 1 aromatic heterocycles. The SMILES string of the molecule is CC(C)c1ccc(NC(=O)[C@H](C)OC(=O)[C@@H]2CC(=O)N(Cc3ccco3)C2)cc1. The maximum atomic E-state index is 12.4. The number of esters is 1. The highest BCUT2D eigenvalue weighted by Crippen LogP contribution is 2.22. The Kier molecular flexibility index (Phi) is 6.36. The number of likely N-dealkylation sites (tertiary alicyclic amines) is 1. The van der Waals surface area contributed by atoms with E-state index in [1.54, 1.807) is 17.0 Å². The van der Waals surface area contributed by atoms with Gasteiger partial charge in [-0.3, -0.25) is 14.4 Å². The molecule has 2 amide bonds. The molecule has 1 saturated heterocycles. The van der Waals surface area contributed by atoms with Gasteiger partial charge in [-0.05, 0) is 42.7 Å². The number of rotatable bonds is 7. The van der Waals surface area contributed by atoms with Gasteiger partial charge in [0.25, 0.3) is 5.91 Å². The van der Waals surface area contributed by atoms with E-state index in [4.69, 9.17) is 9.15 Å². The third-order valence-corrected chi connectivity index (χ3v) is 4.98. The van der Waals surface area contributed by atoms with E-state index in [2.05, 4.69) is 19.2 Å². The van der Waals surface area contributed by atoms with E-state index in [9.17, 15) is 14.4 Å². The van der Waals surface area contributed by atoms with Crippen molar-refractivity contribution >= 4 is 23.5 Å². The first-order valence-corrected chi connectivity index (χ1v) is 9.75. The number of hydrogen-bond acceptors (Lipinski definition) is 5. The third-order valence-electron chi connectivity index (χ3n) is 4.98. The number of carbonyl (C=O) groups is 3. The normalized spacial score (nSPS) is 17.4. The lowest BCUT2D eigenvalue weighted by atomic mass is 10.0. The van der Waals surface area contributed by atoms with Crippen molar-refractivity contribution in [3.8, 4) is 0 Å². The zero-order valence-corrected chi connectivity index (χ0v) is 16.9. The highest BCUT2D eigenvalue weighted by molar-refractivity contribution is 5.95. The van der Waals surface area contributed by atoms with Gasteiger partial charge in [-0.2, -0.15) is 0 Å². The summed E-state index contributed by atoms with van der Waals surface area (Å²) in [5.74, 6) is -0.612. The summed E-state index contributed by atoms with van der Waals surface area (Å²) in [4.78, 5) is 38.5. The summed E-state index contributed by atoms with van der Waals surface area (Å²) in [5, 5.41) is 2.75. The number of ether oxygens (including phenoxy) is 1. The van der Waals surface area contributed by atoms with Crippen molar-refractivity contribution in [2.75, 3.05) is 11.9 Å². The molecule has 1 N–H and O–H groups in total. The Morgan fingerprint density at radius 1 is 1.21 bits per heavy atom. The van der Waals surface area contributed by atoms with Crippen LogP contribution in [-0.4, -0.2) is 35.3 Å². The molecule has 0 bridgehead atoms. The minimum absolute atomic E-state index is 0.0740. The maximum absolute atomic E-state index is 12.4. The highest BCUT2D eigenvalue weighted by atomic mass is 16.5. The first kappa shape index (κ1) is 20.6. The van der Waals surface area contributed by atoms with E-state index in [1.165, 1.54) is 18.8 Å². The molecule has 2 atom stereocenters. The minimum Gasteiger partial charge on any atom is -0.467 e. The van der Waals surface area contributed by atoms with Crippen LogP contribution < -0.4 is 5.32 Å². The molecule has 0 unspecified atom stereocenters. The quantitative estimate of drug-likeness (QED) is 0.723. The Labute approximate surface area is 170 Å². The van der Waals surface area contributed by atoms with E-state index in [0.717, 1.165) is 0 Å². The lowest BCUT2D eigenvalue weighted by Crippen LogP contribution is -2.33. The number of nitrogens with zero attached hydrogens (tertiary/aromatic N) is 1. The third kappa shape index (κ3) is 5.25. The Balaban J connectivity index is 1.50. The number of benzene rings is 1. The fourth-order valence-corrected chi connectivity index (χ4v) is 3.19. The van der Waals surface area contributed by atoms with Crippen LogP contribution in [0.25, 0.3) is 0 Å². The molecule has 2 heterocycles. The van der Waals surface area contributed by atoms with Gasteiger partial charge < -0.3 is 19.4 Å². The lowest BCUT2D eigenvalue weighted by Gasteiger charge is -2.17. The Morgan fingerprint density at radius 2 is 1.93 bits per heavy atom. The van der Waals surface area contributed by atoms with Gasteiger partial charge in [-0.1, -0.05) is 26.0 Å². The average molecular weight is 398 g/mol. The van der Waals surface area contributed by atoms with Crippen molar-refractivity contribution in [1.82, 2.24) is 4.90 Å². The van der Waals surface area contributed by atoms with Crippen LogP contribution in [0, 0.1) is 5.92 Å². The van der Waals surface area contributed by atoms with E-state index in [-0.39, 0.29) is 18.9 Å². The molecule has 1 aliphatic heterocycles. The predicted octanol–water partition coefficient (Wildman–Crippen LogP) is 3.32. The Hall–Kier alpha value is -3.09. The first-order chi connectivity index (χ1) is 13.8. The van der Waals surface area contributed by atoms with E-state index >= 15 is 0 Å². The van der Waals surface area contributed by atoms with Crippen molar-refractivity contribution in [3.05, 3.63) is 54.0 Å². The molecule has 0 aliphatic carbocycles. The lowest BCUT2D eigenvalue weighted by molar-refractivity contribution is -0.157. The molecule has 0 spiro atoms. The number of anilines is 1. The number of nitrogens with one attached hydrogen (secondary N) is 1. The van der Waals surface area contributed by atoms with Gasteiger partial charge in [0.2, 0.25) is 5.91 Å². The van der Waals surface area contributed by atoms with Crippen LogP contribution in [0.4, 0.5) is 5.69 Å². The molecule has 0 radical (unpaired) electrons. The molecule has 0 saturated carbocycles. The summed E-state index contributed by atoms with van der Waals surface area (Å²) >= 11 is 0. The highest BCUT2D eigenvalue weighted by Gasteiger charge is 2.36. The van der Waals surface area contributed by atoms with Gasteiger partial charge in [-0.25, -0.2) is 0 Å². The van der Waals surface area contributed by atoms with Gasteiger partial charge in [0.05, 0.1) is 18.7 Å². The van der Waals surface area contributed by atoms with Crippen LogP contribution >= 0.6 is 0 Å². The van der Waals surface area contributed by atoms with Crippen LogP contribution in [-0.2, 0) is 25.7 Å². The second-order valence-electron chi connectivity index (χ2n) is 7.60. The molecule has 2 aromatic rings. The average Bonchev–Trinajstić information content (AvgIpc) is 3.32. The summed E-state index contributed by atoms with van der Waals surface area (Å²) in [6.07, 6.45) is 0.657. The second kappa shape index (κ2) is 8.94. The summed E-state index contributed by atoms with van der Waals surface area (Å²) < 4.78 is 10.6. The fraction of sp³-hybridized carbons (Fsp3) is 0.409. The molecule has 1 fully saturated rings. The molecule has 1 aromatic carbocycles. The van der Waals surface area contributed by atoms with Gasteiger partial charge >= 0.3 is 5.97 Å². The van der Waals surface area contributed by atoms with Gasteiger partial charge in [0.15, 0.2) is 6.10 Å². The topological polar surface area (TPSA) is 88.8 Å². The van der Waals surface area contributed by atoms with Crippen molar-refractivity contribution in [3.63, 3.8) is 0 Å². The van der Waals surface area contributed by atoms with E-state index in [0.29, 0.717) is 23.9 Å². The summed E-state index contributed by atoms with van der Waals surface area (Å²) in [7, 11) is 0. The van der Waals surface area contributed by atoms with Crippen molar-refractivity contribution in [2.24, 2.45) is 5.92 Å². The molecule has 1 aliphatic rings. The second-order valence-corrected chi connectivity index (χ2v) is 7.60. The number of amides is 2. The number of furan rings is 1.